The molecular formula is C20H21ClN4O3. The Morgan fingerprint density at radius 3 is 2.89 bits per heavy atom. The fourth-order valence-electron chi connectivity index (χ4n) is 3.19. The number of ether oxygens (including phenoxy) is 2. The first-order valence-corrected chi connectivity index (χ1v) is 9.33. The molecule has 0 radical (unpaired) electrons. The third kappa shape index (κ3) is 3.22. The molecule has 1 aliphatic heterocycles. The van der Waals surface area contributed by atoms with Gasteiger partial charge in [-0.1, -0.05) is 11.6 Å². The van der Waals surface area contributed by atoms with E-state index in [1.165, 1.54) is 0 Å². The van der Waals surface area contributed by atoms with E-state index in [4.69, 9.17) is 21.1 Å². The number of aryl methyl sites for hydroxylation is 1. The number of benzene rings is 1. The van der Waals surface area contributed by atoms with Crippen LogP contribution in [-0.2, 0) is 11.3 Å². The first-order chi connectivity index (χ1) is 13.5. The fourth-order valence-corrected chi connectivity index (χ4v) is 3.53. The summed E-state index contributed by atoms with van der Waals surface area (Å²) in [5.74, 6) is 1.88. The number of anilines is 2. The number of nitrogens with one attached hydrogen (secondary N) is 1. The van der Waals surface area contributed by atoms with Crippen LogP contribution >= 0.6 is 11.6 Å². The Hall–Kier alpha value is -2.93. The predicted octanol–water partition coefficient (Wildman–Crippen LogP) is 3.60. The van der Waals surface area contributed by atoms with Crippen molar-refractivity contribution >= 4 is 39.9 Å². The van der Waals surface area contributed by atoms with Crippen molar-refractivity contribution in [3.05, 3.63) is 41.2 Å². The highest BCUT2D eigenvalue weighted by atomic mass is 35.5. The number of likely N-dealkylation sites (N-methyl/N-ethyl adjacent to an activating group) is 1. The van der Waals surface area contributed by atoms with Crippen LogP contribution in [0.15, 0.2) is 30.6 Å². The van der Waals surface area contributed by atoms with Crippen molar-refractivity contribution in [3.63, 3.8) is 0 Å². The van der Waals surface area contributed by atoms with Crippen molar-refractivity contribution in [2.75, 3.05) is 32.6 Å². The molecule has 0 bridgehead atoms. The Morgan fingerprint density at radius 1 is 1.32 bits per heavy atom. The van der Waals surface area contributed by atoms with Crippen molar-refractivity contribution in [2.24, 2.45) is 0 Å². The summed E-state index contributed by atoms with van der Waals surface area (Å²) in [5.41, 5.74) is 2.57. The zero-order chi connectivity index (χ0) is 19.8. The molecule has 1 amide bonds. The summed E-state index contributed by atoms with van der Waals surface area (Å²) in [7, 11) is 3.49. The molecular weight excluding hydrogens is 380 g/mol. The number of nitrogens with zero attached hydrogens (tertiary/aromatic N) is 3. The summed E-state index contributed by atoms with van der Waals surface area (Å²) in [6.07, 6.45) is 3.60. The number of hydrogen-bond donors (Lipinski definition) is 1. The number of pyridine rings is 1. The third-order valence-corrected chi connectivity index (χ3v) is 5.08. The van der Waals surface area contributed by atoms with Gasteiger partial charge in [-0.25, -0.2) is 4.98 Å². The van der Waals surface area contributed by atoms with Crippen LogP contribution in [0.3, 0.4) is 0 Å². The first-order valence-electron chi connectivity index (χ1n) is 8.95. The minimum absolute atomic E-state index is 0.0227. The SMILES string of the molecule is Cc1cc2c(c(Cl)c1Nc1nccc3c1ccn3CC(=O)N(C)C)OCCO2. The van der Waals surface area contributed by atoms with Crippen LogP contribution < -0.4 is 14.8 Å². The minimum Gasteiger partial charge on any atom is -0.486 e. The molecule has 1 aromatic carbocycles. The molecule has 0 spiro atoms. The Labute approximate surface area is 167 Å². The molecule has 3 aromatic rings. The smallest absolute Gasteiger partial charge is 0.241 e. The molecule has 1 aliphatic rings. The van der Waals surface area contributed by atoms with Crippen LogP contribution in [0, 0.1) is 6.92 Å². The average molecular weight is 401 g/mol. The molecule has 7 nitrogen and oxygen atoms in total. The number of fused-ring (bicyclic) bond motifs is 2. The zero-order valence-corrected chi connectivity index (χ0v) is 16.7. The summed E-state index contributed by atoms with van der Waals surface area (Å²) in [4.78, 5) is 18.1. The lowest BCUT2D eigenvalue weighted by atomic mass is 10.1. The zero-order valence-electron chi connectivity index (χ0n) is 16.0. The molecule has 2 aromatic heterocycles. The molecule has 1 N–H and O–H groups in total. The first kappa shape index (κ1) is 18.4. The van der Waals surface area contributed by atoms with E-state index in [2.05, 4.69) is 10.3 Å². The van der Waals surface area contributed by atoms with Crippen LogP contribution in [0.5, 0.6) is 11.5 Å². The van der Waals surface area contributed by atoms with E-state index in [1.807, 2.05) is 35.9 Å². The number of hydrogen-bond acceptors (Lipinski definition) is 5. The van der Waals surface area contributed by atoms with Gasteiger partial charge in [0.05, 0.1) is 11.2 Å². The highest BCUT2D eigenvalue weighted by Crippen LogP contribution is 2.45. The van der Waals surface area contributed by atoms with Gasteiger partial charge in [-0.05, 0) is 30.7 Å². The van der Waals surface area contributed by atoms with Gasteiger partial charge in [0.2, 0.25) is 5.91 Å². The normalized spacial score (nSPS) is 12.9. The van der Waals surface area contributed by atoms with Crippen LogP contribution in [-0.4, -0.2) is 47.7 Å². The highest BCUT2D eigenvalue weighted by Gasteiger charge is 2.21. The maximum Gasteiger partial charge on any atom is 0.241 e. The van der Waals surface area contributed by atoms with Crippen LogP contribution in [0.1, 0.15) is 5.56 Å². The summed E-state index contributed by atoms with van der Waals surface area (Å²) in [5, 5.41) is 4.71. The number of aromatic nitrogens is 2. The second kappa shape index (κ2) is 7.24. The lowest BCUT2D eigenvalue weighted by Crippen LogP contribution is -2.25. The Bertz CT molecular complexity index is 1060. The van der Waals surface area contributed by atoms with E-state index >= 15 is 0 Å². The maximum absolute atomic E-state index is 12.1. The second-order valence-corrected chi connectivity index (χ2v) is 7.23. The largest absolute Gasteiger partial charge is 0.486 e. The third-order valence-electron chi connectivity index (χ3n) is 4.72. The van der Waals surface area contributed by atoms with Crippen molar-refractivity contribution < 1.29 is 14.3 Å². The predicted molar refractivity (Wildman–Crippen MR) is 109 cm³/mol. The van der Waals surface area contributed by atoms with E-state index in [0.717, 1.165) is 22.2 Å². The average Bonchev–Trinajstić information content (AvgIpc) is 3.08. The summed E-state index contributed by atoms with van der Waals surface area (Å²) in [6, 6.07) is 5.74. The molecule has 3 heterocycles. The van der Waals surface area contributed by atoms with Gasteiger partial charge < -0.3 is 24.3 Å². The van der Waals surface area contributed by atoms with Gasteiger partial charge >= 0.3 is 0 Å². The van der Waals surface area contributed by atoms with E-state index in [1.54, 1.807) is 25.2 Å². The topological polar surface area (TPSA) is 68.6 Å². The lowest BCUT2D eigenvalue weighted by molar-refractivity contribution is -0.129. The van der Waals surface area contributed by atoms with E-state index in [-0.39, 0.29) is 12.5 Å². The number of carbonyl (C=O) groups excluding carboxylic acids is 1. The lowest BCUT2D eigenvalue weighted by Gasteiger charge is -2.22. The number of halogens is 1. The molecule has 0 fully saturated rings. The van der Waals surface area contributed by atoms with Gasteiger partial charge in [0.15, 0.2) is 11.5 Å². The van der Waals surface area contributed by atoms with E-state index in [0.29, 0.717) is 35.6 Å². The number of rotatable bonds is 4. The summed E-state index contributed by atoms with van der Waals surface area (Å²) in [6.45, 7) is 3.19. The molecule has 146 valence electrons. The Balaban J connectivity index is 1.71. The highest BCUT2D eigenvalue weighted by molar-refractivity contribution is 6.35. The van der Waals surface area contributed by atoms with Gasteiger partial charge in [0, 0.05) is 31.9 Å². The van der Waals surface area contributed by atoms with Crippen molar-refractivity contribution in [2.45, 2.75) is 13.5 Å². The van der Waals surface area contributed by atoms with Crippen molar-refractivity contribution in [1.82, 2.24) is 14.5 Å². The van der Waals surface area contributed by atoms with E-state index in [9.17, 15) is 4.79 Å². The molecule has 0 saturated carbocycles. The molecule has 8 heteroatoms. The van der Waals surface area contributed by atoms with Gasteiger partial charge in [0.1, 0.15) is 30.6 Å². The van der Waals surface area contributed by atoms with Gasteiger partial charge in [0.25, 0.3) is 0 Å². The maximum atomic E-state index is 12.1. The summed E-state index contributed by atoms with van der Waals surface area (Å²) < 4.78 is 13.2. The number of carbonyl (C=O) groups is 1. The standard InChI is InChI=1S/C20H21ClN4O3/c1-12-10-15-19(28-9-8-27-15)17(21)18(12)23-20-13-5-7-25(11-16(26)24(2)3)14(13)4-6-22-20/h4-7,10H,8-9,11H2,1-3H3,(H,22,23). The van der Waals surface area contributed by atoms with Gasteiger partial charge in [-0.3, -0.25) is 4.79 Å². The monoisotopic (exact) mass is 400 g/mol. The van der Waals surface area contributed by atoms with Crippen molar-refractivity contribution in [3.8, 4) is 11.5 Å². The Kier molecular flexibility index (Phi) is 4.77. The summed E-state index contributed by atoms with van der Waals surface area (Å²) >= 11 is 6.59. The van der Waals surface area contributed by atoms with Crippen LogP contribution in [0.25, 0.3) is 10.9 Å². The van der Waals surface area contributed by atoms with Crippen molar-refractivity contribution in [1.29, 1.82) is 0 Å². The molecule has 0 atom stereocenters. The van der Waals surface area contributed by atoms with Crippen LogP contribution in [0.4, 0.5) is 11.5 Å². The minimum atomic E-state index is 0.0227. The molecule has 4 rings (SSSR count). The van der Waals surface area contributed by atoms with Gasteiger partial charge in [-0.2, -0.15) is 0 Å². The fraction of sp³-hybridized carbons (Fsp3) is 0.300. The molecule has 0 saturated heterocycles. The number of amides is 1. The molecule has 0 unspecified atom stereocenters. The van der Waals surface area contributed by atoms with Crippen LogP contribution in [0.2, 0.25) is 5.02 Å². The Morgan fingerprint density at radius 2 is 2.11 bits per heavy atom. The second-order valence-electron chi connectivity index (χ2n) is 6.86. The van der Waals surface area contributed by atoms with Gasteiger partial charge in [-0.15, -0.1) is 0 Å². The molecule has 28 heavy (non-hydrogen) atoms. The van der Waals surface area contributed by atoms with E-state index < -0.39 is 0 Å². The molecule has 0 aliphatic carbocycles. The quantitative estimate of drug-likeness (QED) is 0.724.